The smallest absolute Gasteiger partial charge is 0.287 e. The van der Waals surface area contributed by atoms with Gasteiger partial charge >= 0.3 is 0 Å². The van der Waals surface area contributed by atoms with Crippen molar-refractivity contribution in [1.29, 1.82) is 0 Å². The highest BCUT2D eigenvalue weighted by molar-refractivity contribution is 5.92. The molecule has 5 rings (SSSR count). The molecule has 4 heterocycles. The molecule has 0 radical (unpaired) electrons. The Labute approximate surface area is 144 Å². The number of nitrogens with one attached hydrogen (secondary N) is 1. The Hall–Kier alpha value is -2.21. The van der Waals surface area contributed by atoms with E-state index in [1.807, 2.05) is 0 Å². The third-order valence-electron chi connectivity index (χ3n) is 5.45. The van der Waals surface area contributed by atoms with Crippen LogP contribution in [0.15, 0.2) is 34.7 Å². The molecule has 2 aromatic rings. The van der Waals surface area contributed by atoms with Crippen LogP contribution in [-0.4, -0.2) is 36.0 Å². The number of benzene rings is 1. The Kier molecular flexibility index (Phi) is 4.07. The van der Waals surface area contributed by atoms with Gasteiger partial charge in [-0.25, -0.2) is 8.78 Å². The summed E-state index contributed by atoms with van der Waals surface area (Å²) in [5.74, 6) is -0.727. The van der Waals surface area contributed by atoms with Gasteiger partial charge in [-0.1, -0.05) is 0 Å². The standard InChI is InChI=1S/C19H20F2N2O2/c1-11-18(12-4-6-23(11)7-5-12)22-19(24)17-3-2-16(25-17)13-8-14(20)10-15(21)9-13/h2-3,8-12,18H,4-7H2,1H3,(H,22,24)/t11-,18-/m0/s1. The number of furan rings is 1. The predicted molar refractivity (Wildman–Crippen MR) is 89.1 cm³/mol. The second-order valence-corrected chi connectivity index (χ2v) is 6.94. The second kappa shape index (κ2) is 6.26. The highest BCUT2D eigenvalue weighted by Gasteiger charge is 2.40. The summed E-state index contributed by atoms with van der Waals surface area (Å²) >= 11 is 0. The molecule has 25 heavy (non-hydrogen) atoms. The minimum Gasteiger partial charge on any atom is -0.451 e. The number of rotatable bonds is 3. The van der Waals surface area contributed by atoms with Crippen molar-refractivity contribution in [3.63, 3.8) is 0 Å². The van der Waals surface area contributed by atoms with Gasteiger partial charge in [0.15, 0.2) is 5.76 Å². The van der Waals surface area contributed by atoms with Gasteiger partial charge in [-0.05, 0) is 63.0 Å². The molecular formula is C19H20F2N2O2. The number of piperidine rings is 3. The van der Waals surface area contributed by atoms with Gasteiger partial charge in [0.1, 0.15) is 17.4 Å². The predicted octanol–water partition coefficient (Wildman–Crippen LogP) is 3.44. The molecule has 3 saturated heterocycles. The average Bonchev–Trinajstić information content (AvgIpc) is 3.08. The van der Waals surface area contributed by atoms with Crippen LogP contribution in [0.2, 0.25) is 0 Å². The van der Waals surface area contributed by atoms with Gasteiger partial charge in [0.2, 0.25) is 0 Å². The molecule has 1 aromatic heterocycles. The minimum atomic E-state index is -0.682. The number of fused-ring (bicyclic) bond motifs is 3. The van der Waals surface area contributed by atoms with E-state index in [1.54, 1.807) is 12.1 Å². The zero-order valence-corrected chi connectivity index (χ0v) is 14.0. The first-order valence-corrected chi connectivity index (χ1v) is 8.62. The maximum Gasteiger partial charge on any atom is 0.287 e. The molecule has 1 aromatic carbocycles. The highest BCUT2D eigenvalue weighted by Crippen LogP contribution is 2.32. The fraction of sp³-hybridized carbons (Fsp3) is 0.421. The van der Waals surface area contributed by atoms with Crippen LogP contribution in [0.3, 0.4) is 0 Å². The van der Waals surface area contributed by atoms with Crippen LogP contribution in [-0.2, 0) is 0 Å². The lowest BCUT2D eigenvalue weighted by atomic mass is 9.79. The molecule has 2 bridgehead atoms. The number of carbonyl (C=O) groups is 1. The van der Waals surface area contributed by atoms with Crippen LogP contribution in [0.5, 0.6) is 0 Å². The molecule has 4 nitrogen and oxygen atoms in total. The monoisotopic (exact) mass is 346 g/mol. The van der Waals surface area contributed by atoms with Gasteiger partial charge in [0.05, 0.1) is 0 Å². The molecule has 3 aliphatic rings. The van der Waals surface area contributed by atoms with E-state index in [9.17, 15) is 13.6 Å². The van der Waals surface area contributed by atoms with Crippen molar-refractivity contribution in [2.75, 3.05) is 13.1 Å². The Balaban J connectivity index is 1.51. The van der Waals surface area contributed by atoms with Gasteiger partial charge in [0, 0.05) is 23.7 Å². The van der Waals surface area contributed by atoms with Crippen molar-refractivity contribution in [2.45, 2.75) is 31.8 Å². The molecule has 0 spiro atoms. The summed E-state index contributed by atoms with van der Waals surface area (Å²) in [5, 5.41) is 3.08. The topological polar surface area (TPSA) is 45.5 Å². The van der Waals surface area contributed by atoms with E-state index in [0.717, 1.165) is 32.0 Å². The first-order valence-electron chi connectivity index (χ1n) is 8.62. The zero-order valence-electron chi connectivity index (χ0n) is 14.0. The molecule has 6 heteroatoms. The van der Waals surface area contributed by atoms with E-state index in [1.165, 1.54) is 12.1 Å². The third-order valence-corrected chi connectivity index (χ3v) is 5.45. The second-order valence-electron chi connectivity index (χ2n) is 6.94. The van der Waals surface area contributed by atoms with Crippen LogP contribution in [0, 0.1) is 17.6 Å². The molecule has 0 aliphatic carbocycles. The number of carbonyl (C=O) groups excluding carboxylic acids is 1. The molecule has 132 valence electrons. The fourth-order valence-electron chi connectivity index (χ4n) is 4.08. The summed E-state index contributed by atoms with van der Waals surface area (Å²) in [4.78, 5) is 14.9. The summed E-state index contributed by atoms with van der Waals surface area (Å²) in [5.41, 5.74) is 0.271. The summed E-state index contributed by atoms with van der Waals surface area (Å²) in [6, 6.07) is 6.67. The summed E-state index contributed by atoms with van der Waals surface area (Å²) in [6.45, 7) is 4.32. The van der Waals surface area contributed by atoms with Gasteiger partial charge in [0.25, 0.3) is 5.91 Å². The number of hydrogen-bond acceptors (Lipinski definition) is 3. The van der Waals surface area contributed by atoms with E-state index in [-0.39, 0.29) is 29.0 Å². The molecule has 0 saturated carbocycles. The number of amides is 1. The molecule has 1 N–H and O–H groups in total. The first kappa shape index (κ1) is 16.3. The van der Waals surface area contributed by atoms with Crippen molar-refractivity contribution in [3.8, 4) is 11.3 Å². The van der Waals surface area contributed by atoms with Gasteiger partial charge < -0.3 is 9.73 Å². The van der Waals surface area contributed by atoms with Gasteiger partial charge in [-0.15, -0.1) is 0 Å². The molecule has 3 fully saturated rings. The van der Waals surface area contributed by atoms with Crippen molar-refractivity contribution in [2.24, 2.45) is 5.92 Å². The van der Waals surface area contributed by atoms with Crippen molar-refractivity contribution < 1.29 is 18.0 Å². The van der Waals surface area contributed by atoms with E-state index >= 15 is 0 Å². The Morgan fingerprint density at radius 1 is 1.16 bits per heavy atom. The van der Waals surface area contributed by atoms with Crippen molar-refractivity contribution in [1.82, 2.24) is 10.2 Å². The van der Waals surface area contributed by atoms with E-state index in [0.29, 0.717) is 12.0 Å². The first-order chi connectivity index (χ1) is 12.0. The summed E-state index contributed by atoms with van der Waals surface area (Å²) in [7, 11) is 0. The Morgan fingerprint density at radius 3 is 2.48 bits per heavy atom. The summed E-state index contributed by atoms with van der Waals surface area (Å²) < 4.78 is 32.2. The molecule has 1 amide bonds. The normalized spacial score (nSPS) is 28.1. The van der Waals surface area contributed by atoms with E-state index in [2.05, 4.69) is 17.1 Å². The molecule has 0 unspecified atom stereocenters. The van der Waals surface area contributed by atoms with E-state index in [4.69, 9.17) is 4.42 Å². The number of hydrogen-bond donors (Lipinski definition) is 1. The molecule has 2 atom stereocenters. The molecule has 3 aliphatic heterocycles. The number of nitrogens with zero attached hydrogens (tertiary/aromatic N) is 1. The highest BCUT2D eigenvalue weighted by atomic mass is 19.1. The largest absolute Gasteiger partial charge is 0.451 e. The van der Waals surface area contributed by atoms with Crippen LogP contribution in [0.1, 0.15) is 30.3 Å². The third kappa shape index (κ3) is 3.06. The maximum absolute atomic E-state index is 13.4. The fourth-order valence-corrected chi connectivity index (χ4v) is 4.08. The lowest BCUT2D eigenvalue weighted by Crippen LogP contribution is -2.62. The quantitative estimate of drug-likeness (QED) is 0.926. The number of halogens is 2. The minimum absolute atomic E-state index is 0.107. The lowest BCUT2D eigenvalue weighted by Gasteiger charge is -2.49. The van der Waals surface area contributed by atoms with Crippen LogP contribution in [0.4, 0.5) is 8.78 Å². The van der Waals surface area contributed by atoms with Gasteiger partial charge in [-0.3, -0.25) is 9.69 Å². The average molecular weight is 346 g/mol. The van der Waals surface area contributed by atoms with Crippen LogP contribution < -0.4 is 5.32 Å². The van der Waals surface area contributed by atoms with Crippen molar-refractivity contribution in [3.05, 3.63) is 47.7 Å². The van der Waals surface area contributed by atoms with Gasteiger partial charge in [-0.2, -0.15) is 0 Å². The summed E-state index contributed by atoms with van der Waals surface area (Å²) in [6.07, 6.45) is 2.20. The van der Waals surface area contributed by atoms with Crippen molar-refractivity contribution >= 4 is 5.91 Å². The Morgan fingerprint density at radius 2 is 1.84 bits per heavy atom. The lowest BCUT2D eigenvalue weighted by molar-refractivity contribution is 0.0211. The Bertz CT molecular complexity index is 774. The maximum atomic E-state index is 13.4. The van der Waals surface area contributed by atoms with Crippen LogP contribution >= 0.6 is 0 Å². The SMILES string of the molecule is C[C@H]1[C@H](NC(=O)c2ccc(-c3cc(F)cc(F)c3)o2)C2CCN1CC2. The van der Waals surface area contributed by atoms with Crippen LogP contribution in [0.25, 0.3) is 11.3 Å². The van der Waals surface area contributed by atoms with E-state index < -0.39 is 11.6 Å². The zero-order chi connectivity index (χ0) is 17.6. The molecular weight excluding hydrogens is 326 g/mol.